The molecule has 0 aromatic heterocycles. The van der Waals surface area contributed by atoms with Crippen LogP contribution in [0.5, 0.6) is 5.75 Å². The van der Waals surface area contributed by atoms with Gasteiger partial charge in [0, 0.05) is 6.04 Å². The maximum absolute atomic E-state index is 11.9. The van der Waals surface area contributed by atoms with Crippen LogP contribution in [0.25, 0.3) is 0 Å². The fourth-order valence-corrected chi connectivity index (χ4v) is 2.15. The van der Waals surface area contributed by atoms with E-state index in [0.29, 0.717) is 0 Å². The quantitative estimate of drug-likeness (QED) is 0.815. The van der Waals surface area contributed by atoms with Gasteiger partial charge in [0.05, 0.1) is 19.6 Å². The van der Waals surface area contributed by atoms with E-state index in [4.69, 9.17) is 9.47 Å². The standard InChI is InChI=1S/C14H21NO3/c1-14(2,13(16)18-5)12(15-3)10-7-6-8-11(9-10)17-4/h6-9,12,15H,1-5H3. The SMILES string of the molecule is CNC(c1cccc(OC)c1)C(C)(C)C(=O)OC. The summed E-state index contributed by atoms with van der Waals surface area (Å²) in [6.07, 6.45) is 0. The van der Waals surface area contributed by atoms with Crippen molar-refractivity contribution < 1.29 is 14.3 Å². The number of carbonyl (C=O) groups is 1. The maximum atomic E-state index is 11.9. The summed E-state index contributed by atoms with van der Waals surface area (Å²) in [6, 6.07) is 7.54. The second-order valence-corrected chi connectivity index (χ2v) is 4.71. The summed E-state index contributed by atoms with van der Waals surface area (Å²) in [5.74, 6) is 0.526. The first-order valence-corrected chi connectivity index (χ1v) is 5.87. The van der Waals surface area contributed by atoms with Crippen molar-refractivity contribution in [1.82, 2.24) is 5.32 Å². The summed E-state index contributed by atoms with van der Waals surface area (Å²) in [5.41, 5.74) is 0.336. The van der Waals surface area contributed by atoms with Gasteiger partial charge in [-0.25, -0.2) is 0 Å². The van der Waals surface area contributed by atoms with Gasteiger partial charge in [0.25, 0.3) is 0 Å². The van der Waals surface area contributed by atoms with E-state index in [1.165, 1.54) is 7.11 Å². The van der Waals surface area contributed by atoms with E-state index in [1.54, 1.807) is 7.11 Å². The first-order chi connectivity index (χ1) is 8.47. The molecule has 0 aliphatic heterocycles. The second-order valence-electron chi connectivity index (χ2n) is 4.71. The molecule has 0 amide bonds. The number of methoxy groups -OCH3 is 2. The predicted molar refractivity (Wildman–Crippen MR) is 70.6 cm³/mol. The molecule has 0 saturated heterocycles. The van der Waals surface area contributed by atoms with Crippen LogP contribution in [0, 0.1) is 5.41 Å². The van der Waals surface area contributed by atoms with Crippen molar-refractivity contribution in [2.45, 2.75) is 19.9 Å². The summed E-state index contributed by atoms with van der Waals surface area (Å²) in [4.78, 5) is 11.9. The average Bonchev–Trinajstić information content (AvgIpc) is 2.38. The molecule has 4 heteroatoms. The van der Waals surface area contributed by atoms with Crippen LogP contribution in [0.2, 0.25) is 0 Å². The number of ether oxygens (including phenoxy) is 2. The monoisotopic (exact) mass is 251 g/mol. The first kappa shape index (κ1) is 14.5. The molecule has 0 spiro atoms. The van der Waals surface area contributed by atoms with Crippen LogP contribution in [0.3, 0.4) is 0 Å². The van der Waals surface area contributed by atoms with Crippen molar-refractivity contribution in [2.75, 3.05) is 21.3 Å². The Morgan fingerprint density at radius 1 is 1.33 bits per heavy atom. The molecule has 1 atom stereocenters. The molecule has 0 saturated carbocycles. The summed E-state index contributed by atoms with van der Waals surface area (Å²) in [6.45, 7) is 3.72. The van der Waals surface area contributed by atoms with E-state index in [-0.39, 0.29) is 12.0 Å². The predicted octanol–water partition coefficient (Wildman–Crippen LogP) is 2.15. The van der Waals surface area contributed by atoms with Gasteiger partial charge >= 0.3 is 5.97 Å². The molecule has 1 N–H and O–H groups in total. The number of hydrogen-bond donors (Lipinski definition) is 1. The molecular weight excluding hydrogens is 230 g/mol. The highest BCUT2D eigenvalue weighted by atomic mass is 16.5. The third kappa shape index (κ3) is 2.82. The summed E-state index contributed by atoms with van der Waals surface area (Å²) < 4.78 is 10.1. The molecule has 0 fully saturated rings. The molecule has 0 aliphatic rings. The lowest BCUT2D eigenvalue weighted by Gasteiger charge is -2.32. The fourth-order valence-electron chi connectivity index (χ4n) is 2.15. The molecule has 4 nitrogen and oxygen atoms in total. The third-order valence-electron chi connectivity index (χ3n) is 3.15. The van der Waals surface area contributed by atoms with Crippen molar-refractivity contribution in [3.63, 3.8) is 0 Å². The molecule has 1 unspecified atom stereocenters. The van der Waals surface area contributed by atoms with E-state index in [0.717, 1.165) is 11.3 Å². The second kappa shape index (κ2) is 5.87. The van der Waals surface area contributed by atoms with Crippen molar-refractivity contribution in [2.24, 2.45) is 5.41 Å². The molecule has 1 aromatic rings. The van der Waals surface area contributed by atoms with Gasteiger partial charge in [0.1, 0.15) is 5.75 Å². The van der Waals surface area contributed by atoms with Crippen LogP contribution in [0.15, 0.2) is 24.3 Å². The summed E-state index contributed by atoms with van der Waals surface area (Å²) in [5, 5.41) is 3.17. The normalized spacial score (nSPS) is 12.9. The highest BCUT2D eigenvalue weighted by Gasteiger charge is 2.38. The van der Waals surface area contributed by atoms with Gasteiger partial charge in [0.2, 0.25) is 0 Å². The fraction of sp³-hybridized carbons (Fsp3) is 0.500. The number of hydrogen-bond acceptors (Lipinski definition) is 4. The Hall–Kier alpha value is -1.55. The van der Waals surface area contributed by atoms with Crippen molar-refractivity contribution in [3.8, 4) is 5.75 Å². The number of nitrogens with one attached hydrogen (secondary N) is 1. The lowest BCUT2D eigenvalue weighted by Crippen LogP contribution is -2.39. The van der Waals surface area contributed by atoms with Crippen LogP contribution < -0.4 is 10.1 Å². The van der Waals surface area contributed by atoms with Crippen LogP contribution in [0.4, 0.5) is 0 Å². The zero-order chi connectivity index (χ0) is 13.8. The number of rotatable bonds is 5. The molecule has 18 heavy (non-hydrogen) atoms. The molecule has 0 aliphatic carbocycles. The molecule has 0 bridgehead atoms. The Labute approximate surface area is 108 Å². The zero-order valence-corrected chi connectivity index (χ0v) is 11.6. The highest BCUT2D eigenvalue weighted by Crippen LogP contribution is 2.35. The Morgan fingerprint density at radius 3 is 2.50 bits per heavy atom. The highest BCUT2D eigenvalue weighted by molar-refractivity contribution is 5.77. The van der Waals surface area contributed by atoms with Gasteiger partial charge in [-0.3, -0.25) is 4.79 Å². The van der Waals surface area contributed by atoms with Crippen LogP contribution in [-0.2, 0) is 9.53 Å². The van der Waals surface area contributed by atoms with Crippen molar-refractivity contribution in [1.29, 1.82) is 0 Å². The van der Waals surface area contributed by atoms with Gasteiger partial charge in [-0.15, -0.1) is 0 Å². The van der Waals surface area contributed by atoms with Crippen molar-refractivity contribution in [3.05, 3.63) is 29.8 Å². The maximum Gasteiger partial charge on any atom is 0.313 e. The van der Waals surface area contributed by atoms with Gasteiger partial charge in [-0.1, -0.05) is 12.1 Å². The van der Waals surface area contributed by atoms with E-state index in [1.807, 2.05) is 45.2 Å². The Kier molecular flexibility index (Phi) is 4.73. The lowest BCUT2D eigenvalue weighted by molar-refractivity contribution is -0.152. The number of benzene rings is 1. The van der Waals surface area contributed by atoms with E-state index in [2.05, 4.69) is 5.32 Å². The molecule has 1 rings (SSSR count). The minimum Gasteiger partial charge on any atom is -0.497 e. The first-order valence-electron chi connectivity index (χ1n) is 5.87. The van der Waals surface area contributed by atoms with Gasteiger partial charge in [-0.2, -0.15) is 0 Å². The Bertz CT molecular complexity index is 415. The van der Waals surface area contributed by atoms with Crippen LogP contribution in [-0.4, -0.2) is 27.2 Å². The van der Waals surface area contributed by atoms with Crippen LogP contribution in [0.1, 0.15) is 25.5 Å². The topological polar surface area (TPSA) is 47.6 Å². The summed E-state index contributed by atoms with van der Waals surface area (Å²) in [7, 11) is 4.86. The van der Waals surface area contributed by atoms with Gasteiger partial charge < -0.3 is 14.8 Å². The molecule has 1 aromatic carbocycles. The average molecular weight is 251 g/mol. The Morgan fingerprint density at radius 2 is 2.00 bits per heavy atom. The minimum absolute atomic E-state index is 0.139. The molecular formula is C14H21NO3. The number of esters is 1. The van der Waals surface area contributed by atoms with Gasteiger partial charge in [-0.05, 0) is 38.6 Å². The molecule has 0 heterocycles. The lowest BCUT2D eigenvalue weighted by atomic mass is 9.80. The molecule has 100 valence electrons. The van der Waals surface area contributed by atoms with E-state index >= 15 is 0 Å². The number of carbonyl (C=O) groups excluding carboxylic acids is 1. The third-order valence-corrected chi connectivity index (χ3v) is 3.15. The molecule has 0 radical (unpaired) electrons. The smallest absolute Gasteiger partial charge is 0.313 e. The Balaban J connectivity index is 3.12. The van der Waals surface area contributed by atoms with Gasteiger partial charge in [0.15, 0.2) is 0 Å². The van der Waals surface area contributed by atoms with E-state index < -0.39 is 5.41 Å². The van der Waals surface area contributed by atoms with Crippen LogP contribution >= 0.6 is 0 Å². The largest absolute Gasteiger partial charge is 0.497 e. The summed E-state index contributed by atoms with van der Waals surface area (Å²) >= 11 is 0. The van der Waals surface area contributed by atoms with E-state index in [9.17, 15) is 4.79 Å². The van der Waals surface area contributed by atoms with Crippen molar-refractivity contribution >= 4 is 5.97 Å². The zero-order valence-electron chi connectivity index (χ0n) is 11.6. The minimum atomic E-state index is -0.657.